The third-order valence-electron chi connectivity index (χ3n) is 2.62. The fourth-order valence-electron chi connectivity index (χ4n) is 1.71. The minimum absolute atomic E-state index is 0.139. The van der Waals surface area contributed by atoms with Gasteiger partial charge in [-0.2, -0.15) is 0 Å². The van der Waals surface area contributed by atoms with E-state index in [-0.39, 0.29) is 22.8 Å². The highest BCUT2D eigenvalue weighted by atomic mass is 127. The molecule has 0 unspecified atom stereocenters. The zero-order chi connectivity index (χ0) is 14.3. The Labute approximate surface area is 134 Å². The highest BCUT2D eigenvalue weighted by molar-refractivity contribution is 14.1. The second-order valence-corrected chi connectivity index (χ2v) is 6.28. The number of H-pyrrole nitrogens is 1. The minimum atomic E-state index is -0.265. The molecule has 102 valence electrons. The van der Waals surface area contributed by atoms with E-state index < -0.39 is 0 Å². The second-order valence-electron chi connectivity index (χ2n) is 3.93. The van der Waals surface area contributed by atoms with E-state index in [1.165, 1.54) is 22.2 Å². The lowest BCUT2D eigenvalue weighted by atomic mass is 10.4. The summed E-state index contributed by atoms with van der Waals surface area (Å²) in [6, 6.07) is 1.77. The van der Waals surface area contributed by atoms with Crippen LogP contribution in [0, 0.1) is 3.57 Å². The van der Waals surface area contributed by atoms with E-state index in [4.69, 9.17) is 11.6 Å². The Morgan fingerprint density at radius 2 is 2.25 bits per heavy atom. The predicted molar refractivity (Wildman–Crippen MR) is 85.6 cm³/mol. The number of halogens is 2. The zero-order valence-corrected chi connectivity index (χ0v) is 13.5. The quantitative estimate of drug-likeness (QED) is 0.507. The monoisotopic (exact) mass is 420 g/mol. The smallest absolute Gasteiger partial charge is 0.268 e. The number of thiophene rings is 1. The van der Waals surface area contributed by atoms with Crippen LogP contribution in [-0.2, 0) is 6.54 Å². The van der Waals surface area contributed by atoms with Crippen molar-refractivity contribution in [2.24, 2.45) is 0 Å². The fourth-order valence-corrected chi connectivity index (χ4v) is 3.01. The summed E-state index contributed by atoms with van der Waals surface area (Å²) in [5.74, 6) is 0.405. The maximum absolute atomic E-state index is 12.0. The molecule has 3 aromatic heterocycles. The van der Waals surface area contributed by atoms with Gasteiger partial charge in [-0.05, 0) is 34.0 Å². The van der Waals surface area contributed by atoms with Crippen molar-refractivity contribution in [2.75, 3.05) is 0 Å². The molecule has 0 bridgehead atoms. The van der Waals surface area contributed by atoms with Gasteiger partial charge in [-0.3, -0.25) is 14.2 Å². The topological polar surface area (TPSA) is 80.6 Å². The molecule has 0 radical (unpaired) electrons. The SMILES string of the molecule is O=c1[nH]c(Cn2cnc(Cl)c(I)c2=O)nc2ccsc12. The van der Waals surface area contributed by atoms with E-state index in [1.54, 1.807) is 11.4 Å². The largest absolute Gasteiger partial charge is 0.308 e. The molecule has 0 aliphatic carbocycles. The lowest BCUT2D eigenvalue weighted by Gasteiger charge is -2.05. The summed E-state index contributed by atoms with van der Waals surface area (Å²) in [6.07, 6.45) is 1.34. The van der Waals surface area contributed by atoms with Gasteiger partial charge in [0.15, 0.2) is 0 Å². The summed E-state index contributed by atoms with van der Waals surface area (Å²) in [7, 11) is 0. The molecule has 3 heterocycles. The molecule has 0 spiro atoms. The molecule has 0 amide bonds. The van der Waals surface area contributed by atoms with Gasteiger partial charge in [-0.25, -0.2) is 9.97 Å². The Bertz CT molecular complexity index is 917. The number of hydrogen-bond acceptors (Lipinski definition) is 5. The van der Waals surface area contributed by atoms with E-state index in [1.807, 2.05) is 22.6 Å². The van der Waals surface area contributed by atoms with E-state index in [9.17, 15) is 9.59 Å². The first kappa shape index (κ1) is 13.7. The van der Waals surface area contributed by atoms with Crippen molar-refractivity contribution in [2.45, 2.75) is 6.54 Å². The van der Waals surface area contributed by atoms with Crippen LogP contribution in [0.1, 0.15) is 5.82 Å². The van der Waals surface area contributed by atoms with Crippen molar-refractivity contribution in [3.05, 3.63) is 53.0 Å². The number of aromatic amines is 1. The predicted octanol–water partition coefficient (Wildman–Crippen LogP) is 1.85. The molecule has 0 atom stereocenters. The first-order valence-corrected chi connectivity index (χ1v) is 7.77. The molecule has 6 nitrogen and oxygen atoms in total. The van der Waals surface area contributed by atoms with E-state index in [2.05, 4.69) is 15.0 Å². The van der Waals surface area contributed by atoms with Crippen LogP contribution in [0.3, 0.4) is 0 Å². The van der Waals surface area contributed by atoms with Gasteiger partial charge in [-0.1, -0.05) is 11.6 Å². The molecule has 0 saturated heterocycles. The standard InChI is InChI=1S/C11H6ClIN4O2S/c12-9-7(13)11(19)17(4-14-9)3-6-15-5-1-2-20-8(5)10(18)16-6/h1-2,4H,3H2,(H,15,16,18). The van der Waals surface area contributed by atoms with Gasteiger partial charge in [-0.15, -0.1) is 11.3 Å². The lowest BCUT2D eigenvalue weighted by molar-refractivity contribution is 0.694. The molecule has 0 aromatic carbocycles. The average Bonchev–Trinajstić information content (AvgIpc) is 2.88. The highest BCUT2D eigenvalue weighted by Gasteiger charge is 2.10. The summed E-state index contributed by atoms with van der Waals surface area (Å²) in [5, 5.41) is 1.97. The Hall–Kier alpha value is -1.26. The van der Waals surface area contributed by atoms with Crippen LogP contribution in [-0.4, -0.2) is 19.5 Å². The van der Waals surface area contributed by atoms with Crippen molar-refractivity contribution in [1.82, 2.24) is 19.5 Å². The molecule has 0 fully saturated rings. The molecular formula is C11H6ClIN4O2S. The number of nitrogens with one attached hydrogen (secondary N) is 1. The molecule has 0 saturated carbocycles. The number of fused-ring (bicyclic) bond motifs is 1. The summed E-state index contributed by atoms with van der Waals surface area (Å²) >= 11 is 8.94. The van der Waals surface area contributed by atoms with Gasteiger partial charge in [0.05, 0.1) is 18.4 Å². The molecule has 20 heavy (non-hydrogen) atoms. The number of rotatable bonds is 2. The normalized spacial score (nSPS) is 11.1. The third kappa shape index (κ3) is 2.38. The van der Waals surface area contributed by atoms with E-state index >= 15 is 0 Å². The van der Waals surface area contributed by atoms with Crippen LogP contribution in [0.15, 0.2) is 27.4 Å². The molecule has 0 aliphatic rings. The van der Waals surface area contributed by atoms with Gasteiger partial charge >= 0.3 is 0 Å². The summed E-state index contributed by atoms with van der Waals surface area (Å²) in [5.41, 5.74) is 0.154. The van der Waals surface area contributed by atoms with Crippen molar-refractivity contribution in [3.8, 4) is 0 Å². The summed E-state index contributed by atoms with van der Waals surface area (Å²) in [6.45, 7) is 0.139. The number of aromatic nitrogens is 4. The van der Waals surface area contributed by atoms with Crippen molar-refractivity contribution >= 4 is 55.7 Å². The molecule has 3 aromatic rings. The van der Waals surface area contributed by atoms with Crippen LogP contribution >= 0.6 is 45.5 Å². The Morgan fingerprint density at radius 3 is 3.05 bits per heavy atom. The summed E-state index contributed by atoms with van der Waals surface area (Å²) < 4.78 is 2.26. The highest BCUT2D eigenvalue weighted by Crippen LogP contribution is 2.14. The van der Waals surface area contributed by atoms with Crippen LogP contribution in [0.25, 0.3) is 10.2 Å². The zero-order valence-electron chi connectivity index (χ0n) is 9.76. The Morgan fingerprint density at radius 1 is 1.45 bits per heavy atom. The van der Waals surface area contributed by atoms with Crippen LogP contribution < -0.4 is 11.1 Å². The molecule has 3 rings (SSSR count). The third-order valence-corrected chi connectivity index (χ3v) is 5.10. The number of hydrogen-bond donors (Lipinski definition) is 1. The molecule has 1 N–H and O–H groups in total. The first-order valence-electron chi connectivity index (χ1n) is 5.43. The number of nitrogens with zero attached hydrogens (tertiary/aromatic N) is 3. The van der Waals surface area contributed by atoms with Crippen molar-refractivity contribution in [1.29, 1.82) is 0 Å². The van der Waals surface area contributed by atoms with Gasteiger partial charge in [0.25, 0.3) is 11.1 Å². The molecule has 9 heteroatoms. The van der Waals surface area contributed by atoms with E-state index in [0.29, 0.717) is 19.6 Å². The van der Waals surface area contributed by atoms with Crippen LogP contribution in [0.5, 0.6) is 0 Å². The maximum atomic E-state index is 12.0. The van der Waals surface area contributed by atoms with Gasteiger partial charge in [0.1, 0.15) is 19.2 Å². The van der Waals surface area contributed by atoms with Gasteiger partial charge < -0.3 is 4.98 Å². The fraction of sp³-hybridized carbons (Fsp3) is 0.0909. The van der Waals surface area contributed by atoms with Gasteiger partial charge in [0, 0.05) is 0 Å². The van der Waals surface area contributed by atoms with E-state index in [0.717, 1.165) is 0 Å². The van der Waals surface area contributed by atoms with Crippen LogP contribution in [0.2, 0.25) is 5.15 Å². The Kier molecular flexibility index (Phi) is 3.61. The first-order chi connectivity index (χ1) is 9.56. The Balaban J connectivity index is 2.08. The van der Waals surface area contributed by atoms with Gasteiger partial charge in [0.2, 0.25) is 0 Å². The van der Waals surface area contributed by atoms with Crippen molar-refractivity contribution < 1.29 is 0 Å². The second kappa shape index (κ2) is 5.26. The van der Waals surface area contributed by atoms with Crippen molar-refractivity contribution in [3.63, 3.8) is 0 Å². The maximum Gasteiger partial charge on any atom is 0.268 e. The molecule has 0 aliphatic heterocycles. The van der Waals surface area contributed by atoms with Crippen LogP contribution in [0.4, 0.5) is 0 Å². The average molecular weight is 421 g/mol. The minimum Gasteiger partial charge on any atom is -0.308 e. The summed E-state index contributed by atoms with van der Waals surface area (Å²) in [4.78, 5) is 34.7. The lowest BCUT2D eigenvalue weighted by Crippen LogP contribution is -2.25. The molecular weight excluding hydrogens is 415 g/mol.